The zero-order valence-corrected chi connectivity index (χ0v) is 12.9. The van der Waals surface area contributed by atoms with Gasteiger partial charge in [0.2, 0.25) is 5.09 Å². The van der Waals surface area contributed by atoms with Crippen LogP contribution in [-0.2, 0) is 16.4 Å². The second kappa shape index (κ2) is 5.64. The molecule has 0 fully saturated rings. The van der Waals surface area contributed by atoms with E-state index in [1.165, 1.54) is 0 Å². The van der Waals surface area contributed by atoms with Gasteiger partial charge in [-0.1, -0.05) is 6.07 Å². The second-order valence-electron chi connectivity index (χ2n) is 5.30. The minimum absolute atomic E-state index is 0.0260. The zero-order valence-electron chi connectivity index (χ0n) is 12.0. The number of fused-ring (bicyclic) bond motifs is 1. The van der Waals surface area contributed by atoms with Gasteiger partial charge in [0.15, 0.2) is 5.78 Å². The Hall–Kier alpha value is -2.45. The Morgan fingerprint density at radius 1 is 1.22 bits per heavy atom. The van der Waals surface area contributed by atoms with Gasteiger partial charge in [0.25, 0.3) is 15.9 Å². The smallest absolute Gasteiger partial charge is 0.271 e. The van der Waals surface area contributed by atoms with Gasteiger partial charge < -0.3 is 9.73 Å². The first-order valence-corrected chi connectivity index (χ1v) is 8.48. The van der Waals surface area contributed by atoms with Crippen LogP contribution in [0, 0.1) is 0 Å². The van der Waals surface area contributed by atoms with Crippen molar-refractivity contribution in [3.05, 3.63) is 47.2 Å². The van der Waals surface area contributed by atoms with Gasteiger partial charge in [0.05, 0.1) is 5.56 Å². The summed E-state index contributed by atoms with van der Waals surface area (Å²) >= 11 is 0. The molecule has 0 saturated carbocycles. The lowest BCUT2D eigenvalue weighted by Crippen LogP contribution is -2.15. The number of carbonyl (C=O) groups is 2. The molecule has 3 rings (SSSR count). The number of ketones is 1. The Labute approximate surface area is 132 Å². The van der Waals surface area contributed by atoms with Gasteiger partial charge >= 0.3 is 0 Å². The summed E-state index contributed by atoms with van der Waals surface area (Å²) in [6, 6.07) is 6.20. The van der Waals surface area contributed by atoms with Crippen LogP contribution in [0.1, 0.15) is 39.1 Å². The van der Waals surface area contributed by atoms with Gasteiger partial charge in [0.1, 0.15) is 6.26 Å². The van der Waals surface area contributed by atoms with E-state index < -0.39 is 21.0 Å². The maximum atomic E-state index is 12.1. The van der Waals surface area contributed by atoms with Crippen molar-refractivity contribution < 1.29 is 22.4 Å². The van der Waals surface area contributed by atoms with Gasteiger partial charge in [-0.15, -0.1) is 0 Å². The standard InChI is InChI=1S/C15H14N2O5S/c16-23(20,21)14-6-10(8-22-14)15(19)17-11-5-4-9-2-1-3-13(18)12(9)7-11/h4-8H,1-3H2,(H,17,19)(H2,16,20,21). The first kappa shape index (κ1) is 15.4. The molecule has 1 aliphatic carbocycles. The van der Waals surface area contributed by atoms with E-state index in [0.29, 0.717) is 17.7 Å². The van der Waals surface area contributed by atoms with Crippen molar-refractivity contribution in [2.45, 2.75) is 24.4 Å². The van der Waals surface area contributed by atoms with Gasteiger partial charge in [-0.05, 0) is 30.5 Å². The topological polar surface area (TPSA) is 119 Å². The predicted octanol–water partition coefficient (Wildman–Crippen LogP) is 1.70. The molecule has 8 heteroatoms. The summed E-state index contributed by atoms with van der Waals surface area (Å²) in [6.07, 6.45) is 3.19. The van der Waals surface area contributed by atoms with E-state index in [4.69, 9.17) is 9.56 Å². The molecule has 0 radical (unpaired) electrons. The quantitative estimate of drug-likeness (QED) is 0.885. The van der Waals surface area contributed by atoms with Gasteiger partial charge in [-0.2, -0.15) is 0 Å². The summed E-state index contributed by atoms with van der Waals surface area (Å²) < 4.78 is 27.0. The molecule has 23 heavy (non-hydrogen) atoms. The Bertz CT molecular complexity index is 898. The van der Waals surface area contributed by atoms with Crippen molar-refractivity contribution >= 4 is 27.4 Å². The number of anilines is 1. The molecule has 1 amide bonds. The number of nitrogens with two attached hydrogens (primary N) is 1. The average molecular weight is 334 g/mol. The molecular formula is C15H14N2O5S. The lowest BCUT2D eigenvalue weighted by atomic mass is 9.90. The Morgan fingerprint density at radius 2 is 2.00 bits per heavy atom. The molecule has 0 bridgehead atoms. The molecule has 1 aromatic carbocycles. The summed E-state index contributed by atoms with van der Waals surface area (Å²) in [4.78, 5) is 24.0. The van der Waals surface area contributed by atoms with Crippen LogP contribution in [0.25, 0.3) is 0 Å². The fraction of sp³-hybridized carbons (Fsp3) is 0.200. The van der Waals surface area contributed by atoms with Crippen molar-refractivity contribution in [3.63, 3.8) is 0 Å². The van der Waals surface area contributed by atoms with Crippen molar-refractivity contribution in [3.8, 4) is 0 Å². The number of primary sulfonamides is 1. The number of amides is 1. The molecule has 0 atom stereocenters. The lowest BCUT2D eigenvalue weighted by molar-refractivity contribution is 0.0970. The molecule has 0 aliphatic heterocycles. The Morgan fingerprint density at radius 3 is 2.70 bits per heavy atom. The van der Waals surface area contributed by atoms with Gasteiger partial charge in [-0.3, -0.25) is 9.59 Å². The first-order valence-electron chi connectivity index (χ1n) is 6.93. The van der Waals surface area contributed by atoms with Crippen LogP contribution in [0.4, 0.5) is 5.69 Å². The van der Waals surface area contributed by atoms with Crippen LogP contribution in [0.3, 0.4) is 0 Å². The molecule has 7 nitrogen and oxygen atoms in total. The van der Waals surface area contributed by atoms with Gasteiger partial charge in [-0.25, -0.2) is 13.6 Å². The van der Waals surface area contributed by atoms with Crippen LogP contribution >= 0.6 is 0 Å². The van der Waals surface area contributed by atoms with Crippen molar-refractivity contribution in [1.82, 2.24) is 0 Å². The highest BCUT2D eigenvalue weighted by molar-refractivity contribution is 7.89. The van der Waals surface area contributed by atoms with E-state index in [2.05, 4.69) is 5.32 Å². The van der Waals surface area contributed by atoms with E-state index in [1.807, 2.05) is 6.07 Å². The molecule has 0 unspecified atom stereocenters. The number of carbonyl (C=O) groups excluding carboxylic acids is 2. The molecule has 0 saturated heterocycles. The number of aryl methyl sites for hydroxylation is 1. The number of rotatable bonds is 3. The van der Waals surface area contributed by atoms with E-state index in [0.717, 1.165) is 30.7 Å². The normalized spacial score (nSPS) is 14.4. The molecule has 2 aromatic rings. The van der Waals surface area contributed by atoms with Crippen molar-refractivity contribution in [1.29, 1.82) is 0 Å². The highest BCUT2D eigenvalue weighted by Gasteiger charge is 2.20. The summed E-state index contributed by atoms with van der Waals surface area (Å²) in [7, 11) is -4.00. The predicted molar refractivity (Wildman–Crippen MR) is 81.7 cm³/mol. The molecule has 3 N–H and O–H groups in total. The zero-order chi connectivity index (χ0) is 16.6. The summed E-state index contributed by atoms with van der Waals surface area (Å²) in [6.45, 7) is 0. The van der Waals surface area contributed by atoms with Crippen molar-refractivity contribution in [2.24, 2.45) is 5.14 Å². The highest BCUT2D eigenvalue weighted by atomic mass is 32.2. The maximum Gasteiger partial charge on any atom is 0.271 e. The van der Waals surface area contributed by atoms with Crippen LogP contribution in [0.2, 0.25) is 0 Å². The molecule has 0 spiro atoms. The largest absolute Gasteiger partial charge is 0.451 e. The number of benzene rings is 1. The third kappa shape index (κ3) is 3.17. The monoisotopic (exact) mass is 334 g/mol. The molecule has 120 valence electrons. The average Bonchev–Trinajstić information content (AvgIpc) is 2.98. The van der Waals surface area contributed by atoms with Crippen LogP contribution < -0.4 is 10.5 Å². The molecule has 1 aliphatic rings. The van der Waals surface area contributed by atoms with Crippen LogP contribution in [-0.4, -0.2) is 20.1 Å². The Balaban J connectivity index is 1.82. The number of Topliss-reactive ketones (excluding diaryl/α,β-unsaturated/α-hetero) is 1. The Kier molecular flexibility index (Phi) is 3.78. The lowest BCUT2D eigenvalue weighted by Gasteiger charge is -2.15. The SMILES string of the molecule is NS(=O)(=O)c1cc(C(=O)Nc2ccc3c(c2)C(=O)CCC3)co1. The minimum atomic E-state index is -4.00. The molecule has 1 heterocycles. The summed E-state index contributed by atoms with van der Waals surface area (Å²) in [5.41, 5.74) is 2.07. The molecular weight excluding hydrogens is 320 g/mol. The fourth-order valence-electron chi connectivity index (χ4n) is 2.49. The van der Waals surface area contributed by atoms with Gasteiger partial charge in [0, 0.05) is 23.7 Å². The first-order chi connectivity index (χ1) is 10.8. The summed E-state index contributed by atoms with van der Waals surface area (Å²) in [5, 5.41) is 7.05. The molecule has 1 aromatic heterocycles. The third-order valence-corrected chi connectivity index (χ3v) is 4.41. The number of furan rings is 1. The van der Waals surface area contributed by atoms with Crippen molar-refractivity contribution in [2.75, 3.05) is 5.32 Å². The van der Waals surface area contributed by atoms with E-state index in [-0.39, 0.29) is 11.3 Å². The maximum absolute atomic E-state index is 12.1. The van der Waals surface area contributed by atoms with E-state index in [1.54, 1.807) is 12.1 Å². The van der Waals surface area contributed by atoms with E-state index >= 15 is 0 Å². The highest BCUT2D eigenvalue weighted by Crippen LogP contribution is 2.24. The number of nitrogens with one attached hydrogen (secondary N) is 1. The van der Waals surface area contributed by atoms with Crippen LogP contribution in [0.15, 0.2) is 40.0 Å². The minimum Gasteiger partial charge on any atom is -0.451 e. The number of hydrogen-bond acceptors (Lipinski definition) is 5. The van der Waals surface area contributed by atoms with E-state index in [9.17, 15) is 18.0 Å². The number of sulfonamides is 1. The number of hydrogen-bond donors (Lipinski definition) is 2. The fourth-order valence-corrected chi connectivity index (χ4v) is 2.97. The summed E-state index contributed by atoms with van der Waals surface area (Å²) in [5.74, 6) is -0.492. The van der Waals surface area contributed by atoms with Crippen LogP contribution in [0.5, 0.6) is 0 Å². The third-order valence-electron chi connectivity index (χ3n) is 3.64. The second-order valence-corrected chi connectivity index (χ2v) is 6.79.